The fourth-order valence-electron chi connectivity index (χ4n) is 1.12. The van der Waals surface area contributed by atoms with Gasteiger partial charge in [0.15, 0.2) is 0 Å². The summed E-state index contributed by atoms with van der Waals surface area (Å²) in [5.74, 6) is 0.636. The number of nitriles is 1. The van der Waals surface area contributed by atoms with Crippen LogP contribution < -0.4 is 0 Å². The lowest BCUT2D eigenvalue weighted by molar-refractivity contribution is 0.912. The molecule has 0 aromatic heterocycles. The highest BCUT2D eigenvalue weighted by atomic mass is 35.5. The molecule has 1 unspecified atom stereocenters. The van der Waals surface area contributed by atoms with Crippen LogP contribution >= 0.6 is 35.0 Å². The van der Waals surface area contributed by atoms with Crippen molar-refractivity contribution in [3.63, 3.8) is 0 Å². The minimum Gasteiger partial charge on any atom is -0.192 e. The lowest BCUT2D eigenvalue weighted by Crippen LogP contribution is -1.97. The first kappa shape index (κ1) is 12.7. The zero-order chi connectivity index (χ0) is 11.3. The molecule has 0 aliphatic heterocycles. The zero-order valence-electron chi connectivity index (χ0n) is 8.34. The first-order chi connectivity index (χ1) is 7.17. The van der Waals surface area contributed by atoms with Crippen molar-refractivity contribution in [2.24, 2.45) is 0 Å². The molecule has 4 heteroatoms. The molecule has 0 amide bonds. The fourth-order valence-corrected chi connectivity index (χ4v) is 2.91. The molecule has 0 bridgehead atoms. The maximum atomic E-state index is 8.92. The quantitative estimate of drug-likeness (QED) is 0.594. The molecule has 0 aliphatic rings. The summed E-state index contributed by atoms with van der Waals surface area (Å²) in [6.07, 6.45) is 0.920. The summed E-state index contributed by atoms with van der Waals surface area (Å²) >= 11 is 13.2. The Hall–Kier alpha value is -0.360. The Morgan fingerprint density at radius 3 is 2.87 bits per heavy atom. The molecular formula is C11H11Cl2NS. The van der Waals surface area contributed by atoms with Crippen molar-refractivity contribution < 1.29 is 0 Å². The summed E-state index contributed by atoms with van der Waals surface area (Å²) in [5, 5.41) is 9.98. The molecular weight excluding hydrogens is 249 g/mol. The van der Waals surface area contributed by atoms with Crippen LogP contribution in [0.25, 0.3) is 0 Å². The van der Waals surface area contributed by atoms with E-state index in [0.29, 0.717) is 21.7 Å². The van der Waals surface area contributed by atoms with Crippen LogP contribution in [0, 0.1) is 11.3 Å². The van der Waals surface area contributed by atoms with E-state index < -0.39 is 0 Å². The smallest absolute Gasteiger partial charge is 0.100 e. The summed E-state index contributed by atoms with van der Waals surface area (Å²) in [6, 6.07) is 7.47. The highest BCUT2D eigenvalue weighted by Crippen LogP contribution is 2.30. The average Bonchev–Trinajstić information content (AvgIpc) is 2.18. The molecule has 1 aromatic rings. The van der Waals surface area contributed by atoms with E-state index in [1.807, 2.05) is 6.07 Å². The third kappa shape index (κ3) is 3.95. The number of benzene rings is 1. The molecule has 0 radical (unpaired) electrons. The van der Waals surface area contributed by atoms with Crippen LogP contribution in [0.5, 0.6) is 0 Å². The Morgan fingerprint density at radius 1 is 1.53 bits per heavy atom. The highest BCUT2D eigenvalue weighted by molar-refractivity contribution is 8.00. The van der Waals surface area contributed by atoms with E-state index in [1.165, 1.54) is 0 Å². The van der Waals surface area contributed by atoms with Gasteiger partial charge >= 0.3 is 0 Å². The van der Waals surface area contributed by atoms with Crippen LogP contribution in [0.2, 0.25) is 5.02 Å². The van der Waals surface area contributed by atoms with Crippen LogP contribution in [0.3, 0.4) is 0 Å². The molecule has 80 valence electrons. The predicted octanol–water partition coefficient (Wildman–Crippen LogP) is 4.32. The predicted molar refractivity (Wildman–Crippen MR) is 66.8 cm³/mol. The molecule has 1 atom stereocenters. The van der Waals surface area contributed by atoms with E-state index in [1.54, 1.807) is 23.9 Å². The van der Waals surface area contributed by atoms with Crippen molar-refractivity contribution in [3.05, 3.63) is 28.8 Å². The lowest BCUT2D eigenvalue weighted by Gasteiger charge is -2.10. The minimum atomic E-state index is 0.396. The fraction of sp³-hybridized carbons (Fsp3) is 0.364. The molecule has 0 spiro atoms. The van der Waals surface area contributed by atoms with Gasteiger partial charge in [-0.2, -0.15) is 5.26 Å². The number of halogens is 2. The monoisotopic (exact) mass is 259 g/mol. The number of rotatable bonds is 4. The van der Waals surface area contributed by atoms with Gasteiger partial charge < -0.3 is 0 Å². The number of hydrogen-bond acceptors (Lipinski definition) is 2. The van der Waals surface area contributed by atoms with Crippen molar-refractivity contribution >= 4 is 35.0 Å². The minimum absolute atomic E-state index is 0.396. The van der Waals surface area contributed by atoms with Crippen molar-refractivity contribution in [2.45, 2.75) is 23.5 Å². The SMILES string of the molecule is CC(CCCl)Sc1cc(Cl)ccc1C#N. The van der Waals surface area contributed by atoms with Crippen LogP contribution in [-0.2, 0) is 0 Å². The van der Waals surface area contributed by atoms with Crippen molar-refractivity contribution in [2.75, 3.05) is 5.88 Å². The highest BCUT2D eigenvalue weighted by Gasteiger charge is 2.08. The van der Waals surface area contributed by atoms with Gasteiger partial charge in [0.25, 0.3) is 0 Å². The zero-order valence-corrected chi connectivity index (χ0v) is 10.7. The average molecular weight is 260 g/mol. The summed E-state index contributed by atoms with van der Waals surface area (Å²) in [7, 11) is 0. The Kier molecular flexibility index (Phi) is 5.31. The number of hydrogen-bond donors (Lipinski definition) is 0. The normalized spacial score (nSPS) is 12.1. The Balaban J connectivity index is 2.83. The van der Waals surface area contributed by atoms with Gasteiger partial charge in [-0.05, 0) is 24.6 Å². The second-order valence-electron chi connectivity index (χ2n) is 3.16. The van der Waals surface area contributed by atoms with Gasteiger partial charge in [0.1, 0.15) is 6.07 Å². The van der Waals surface area contributed by atoms with E-state index in [2.05, 4.69) is 13.0 Å². The van der Waals surface area contributed by atoms with Crippen LogP contribution in [0.4, 0.5) is 0 Å². The molecule has 0 N–H and O–H groups in total. The van der Waals surface area contributed by atoms with Crippen molar-refractivity contribution in [3.8, 4) is 6.07 Å². The second-order valence-corrected chi connectivity index (χ2v) is 5.45. The standard InChI is InChI=1S/C11H11Cl2NS/c1-8(4-5-12)15-11-6-10(13)3-2-9(11)7-14/h2-3,6,8H,4-5H2,1H3. The summed E-state index contributed by atoms with van der Waals surface area (Å²) in [4.78, 5) is 0.933. The summed E-state index contributed by atoms with van der Waals surface area (Å²) in [5.41, 5.74) is 0.672. The largest absolute Gasteiger partial charge is 0.192 e. The van der Waals surface area contributed by atoms with Crippen molar-refractivity contribution in [1.82, 2.24) is 0 Å². The van der Waals surface area contributed by atoms with Gasteiger partial charge in [-0.1, -0.05) is 18.5 Å². The van der Waals surface area contributed by atoms with E-state index in [4.69, 9.17) is 28.5 Å². The number of alkyl halides is 1. The van der Waals surface area contributed by atoms with Crippen LogP contribution in [0.1, 0.15) is 18.9 Å². The van der Waals surface area contributed by atoms with E-state index in [-0.39, 0.29) is 0 Å². The first-order valence-corrected chi connectivity index (χ1v) is 6.39. The Labute approximate surface area is 104 Å². The van der Waals surface area contributed by atoms with Crippen LogP contribution in [-0.4, -0.2) is 11.1 Å². The van der Waals surface area contributed by atoms with E-state index in [9.17, 15) is 0 Å². The molecule has 0 heterocycles. The third-order valence-electron chi connectivity index (χ3n) is 1.91. The van der Waals surface area contributed by atoms with E-state index >= 15 is 0 Å². The molecule has 15 heavy (non-hydrogen) atoms. The van der Waals surface area contributed by atoms with Gasteiger partial charge in [-0.15, -0.1) is 23.4 Å². The molecule has 0 aliphatic carbocycles. The van der Waals surface area contributed by atoms with Crippen LogP contribution in [0.15, 0.2) is 23.1 Å². The number of thioether (sulfide) groups is 1. The topological polar surface area (TPSA) is 23.8 Å². The van der Waals surface area contributed by atoms with Gasteiger partial charge in [0.05, 0.1) is 5.56 Å². The van der Waals surface area contributed by atoms with Gasteiger partial charge in [0, 0.05) is 21.0 Å². The molecule has 1 nitrogen and oxygen atoms in total. The van der Waals surface area contributed by atoms with E-state index in [0.717, 1.165) is 11.3 Å². The van der Waals surface area contributed by atoms with Gasteiger partial charge in [0.2, 0.25) is 0 Å². The summed E-state index contributed by atoms with van der Waals surface area (Å²) < 4.78 is 0. The van der Waals surface area contributed by atoms with Gasteiger partial charge in [-0.25, -0.2) is 0 Å². The maximum absolute atomic E-state index is 8.92. The Bertz CT molecular complexity index is 373. The molecule has 0 fully saturated rings. The summed E-state index contributed by atoms with van der Waals surface area (Å²) in [6.45, 7) is 2.09. The first-order valence-electron chi connectivity index (χ1n) is 4.59. The molecule has 0 saturated carbocycles. The second kappa shape index (κ2) is 6.27. The Morgan fingerprint density at radius 2 is 2.27 bits per heavy atom. The molecule has 1 rings (SSSR count). The lowest BCUT2D eigenvalue weighted by atomic mass is 10.2. The maximum Gasteiger partial charge on any atom is 0.100 e. The van der Waals surface area contributed by atoms with Crippen molar-refractivity contribution in [1.29, 1.82) is 5.26 Å². The third-order valence-corrected chi connectivity index (χ3v) is 3.59. The molecule has 0 saturated heterocycles. The molecule has 1 aromatic carbocycles. The van der Waals surface area contributed by atoms with Gasteiger partial charge in [-0.3, -0.25) is 0 Å². The number of nitrogens with zero attached hydrogens (tertiary/aromatic N) is 1.